The average molecular weight is 171 g/mol. The summed E-state index contributed by atoms with van der Waals surface area (Å²) >= 11 is 1.65. The summed E-state index contributed by atoms with van der Waals surface area (Å²) in [6.07, 6.45) is 6.78. The first-order valence-electron chi connectivity index (χ1n) is 3.32. The van der Waals surface area contributed by atoms with Crippen LogP contribution in [0.2, 0.25) is 0 Å². The van der Waals surface area contributed by atoms with Gasteiger partial charge in [0.05, 0.1) is 4.92 Å². The summed E-state index contributed by atoms with van der Waals surface area (Å²) in [6.45, 7) is 0. The fraction of sp³-hybridized carbons (Fsp3) is 0.429. The van der Waals surface area contributed by atoms with Gasteiger partial charge in [0.15, 0.2) is 0 Å². The third kappa shape index (κ3) is 2.08. The predicted octanol–water partition coefficient (Wildman–Crippen LogP) is 2.19. The molecule has 0 unspecified atom stereocenters. The van der Waals surface area contributed by atoms with Crippen molar-refractivity contribution >= 4 is 11.8 Å². The highest BCUT2D eigenvalue weighted by Gasteiger charge is 2.13. The van der Waals surface area contributed by atoms with Gasteiger partial charge in [-0.1, -0.05) is 0 Å². The van der Waals surface area contributed by atoms with Crippen LogP contribution in [0.3, 0.4) is 0 Å². The number of hydrogen-bond acceptors (Lipinski definition) is 3. The summed E-state index contributed by atoms with van der Waals surface area (Å²) in [5, 5.41) is 10.3. The lowest BCUT2D eigenvalue weighted by Gasteiger charge is -2.05. The van der Waals surface area contributed by atoms with Crippen LogP contribution in [0.1, 0.15) is 12.8 Å². The Labute approximate surface area is 69.3 Å². The first-order valence-corrected chi connectivity index (χ1v) is 4.54. The molecular formula is C7H9NO2S. The van der Waals surface area contributed by atoms with Gasteiger partial charge in [-0.3, -0.25) is 10.1 Å². The van der Waals surface area contributed by atoms with Crippen molar-refractivity contribution in [3.63, 3.8) is 0 Å². The van der Waals surface area contributed by atoms with Gasteiger partial charge in [0, 0.05) is 12.5 Å². The number of thioether (sulfide) groups is 1. The summed E-state index contributed by atoms with van der Waals surface area (Å²) in [7, 11) is 0. The van der Waals surface area contributed by atoms with Gasteiger partial charge in [-0.05, 0) is 23.7 Å². The number of nitro groups is 1. The zero-order chi connectivity index (χ0) is 8.27. The van der Waals surface area contributed by atoms with Crippen LogP contribution in [0.5, 0.6) is 0 Å². The molecule has 0 atom stereocenters. The minimum atomic E-state index is -0.312. The highest BCUT2D eigenvalue weighted by molar-refractivity contribution is 8.02. The van der Waals surface area contributed by atoms with Crippen molar-refractivity contribution in [3.05, 3.63) is 32.9 Å². The van der Waals surface area contributed by atoms with Crippen molar-refractivity contribution < 1.29 is 4.92 Å². The highest BCUT2D eigenvalue weighted by atomic mass is 32.2. The fourth-order valence-corrected chi connectivity index (χ4v) is 1.44. The molecule has 0 bridgehead atoms. The summed E-state index contributed by atoms with van der Waals surface area (Å²) in [4.78, 5) is 11.2. The van der Waals surface area contributed by atoms with Gasteiger partial charge in [-0.15, -0.1) is 11.8 Å². The maximum atomic E-state index is 10.3. The summed E-state index contributed by atoms with van der Waals surface area (Å²) in [5.74, 6) is 0. The van der Waals surface area contributed by atoms with E-state index in [0.717, 1.165) is 6.42 Å². The van der Waals surface area contributed by atoms with Crippen LogP contribution in [0.15, 0.2) is 22.8 Å². The predicted molar refractivity (Wildman–Crippen MR) is 45.9 cm³/mol. The fourth-order valence-electron chi connectivity index (χ4n) is 0.929. The van der Waals surface area contributed by atoms with Crippen molar-refractivity contribution in [1.82, 2.24) is 0 Å². The van der Waals surface area contributed by atoms with Crippen LogP contribution in [-0.2, 0) is 0 Å². The number of nitrogens with zero attached hydrogens (tertiary/aromatic N) is 1. The Kier molecular flexibility index (Phi) is 2.70. The van der Waals surface area contributed by atoms with Crippen molar-refractivity contribution in [1.29, 1.82) is 0 Å². The quantitative estimate of drug-likeness (QED) is 0.472. The molecule has 1 rings (SSSR count). The summed E-state index contributed by atoms with van der Waals surface area (Å²) < 4.78 is 0. The molecule has 11 heavy (non-hydrogen) atoms. The van der Waals surface area contributed by atoms with Crippen LogP contribution in [0.25, 0.3) is 0 Å². The van der Waals surface area contributed by atoms with Gasteiger partial charge in [0.2, 0.25) is 5.70 Å². The van der Waals surface area contributed by atoms with Crippen molar-refractivity contribution in [2.24, 2.45) is 0 Å². The third-order valence-corrected chi connectivity index (χ3v) is 2.45. The van der Waals surface area contributed by atoms with Gasteiger partial charge in [-0.2, -0.15) is 0 Å². The molecule has 60 valence electrons. The van der Waals surface area contributed by atoms with Gasteiger partial charge in [0.25, 0.3) is 0 Å². The Bertz CT molecular complexity index is 233. The topological polar surface area (TPSA) is 43.1 Å². The zero-order valence-electron chi connectivity index (χ0n) is 6.24. The van der Waals surface area contributed by atoms with E-state index in [1.54, 1.807) is 17.8 Å². The normalized spacial score (nSPS) is 17.2. The van der Waals surface area contributed by atoms with Gasteiger partial charge < -0.3 is 0 Å². The maximum Gasteiger partial charge on any atom is 0.246 e. The van der Waals surface area contributed by atoms with E-state index in [1.807, 2.05) is 12.3 Å². The molecular weight excluding hydrogens is 162 g/mol. The van der Waals surface area contributed by atoms with Gasteiger partial charge >= 0.3 is 0 Å². The van der Waals surface area contributed by atoms with E-state index in [1.165, 1.54) is 4.91 Å². The molecule has 0 fully saturated rings. The van der Waals surface area contributed by atoms with Crippen molar-refractivity contribution in [3.8, 4) is 0 Å². The third-order valence-electron chi connectivity index (χ3n) is 1.59. The van der Waals surface area contributed by atoms with Crippen LogP contribution < -0.4 is 0 Å². The van der Waals surface area contributed by atoms with Gasteiger partial charge in [-0.25, -0.2) is 0 Å². The smallest absolute Gasteiger partial charge is 0.246 e. The molecule has 0 spiro atoms. The first kappa shape index (κ1) is 8.33. The molecule has 0 aliphatic heterocycles. The van der Waals surface area contributed by atoms with Gasteiger partial charge in [0.1, 0.15) is 0 Å². The Morgan fingerprint density at radius 2 is 2.27 bits per heavy atom. The molecule has 0 saturated heterocycles. The second-order valence-corrected chi connectivity index (χ2v) is 3.18. The molecule has 0 heterocycles. The molecule has 0 saturated carbocycles. The molecule has 0 aromatic carbocycles. The van der Waals surface area contributed by atoms with Crippen molar-refractivity contribution in [2.45, 2.75) is 12.8 Å². The minimum Gasteiger partial charge on any atom is -0.259 e. The number of rotatable bonds is 2. The van der Waals surface area contributed by atoms with Crippen molar-refractivity contribution in [2.75, 3.05) is 6.26 Å². The van der Waals surface area contributed by atoms with E-state index in [9.17, 15) is 10.1 Å². The van der Waals surface area contributed by atoms with E-state index in [0.29, 0.717) is 12.1 Å². The standard InChI is InChI=1S/C7H9NO2S/c1-11-7-4-2-6(3-5-7)8(9)10/h2,4H,3,5H2,1H3. The molecule has 1 aliphatic carbocycles. The van der Waals surface area contributed by atoms with E-state index < -0.39 is 0 Å². The highest BCUT2D eigenvalue weighted by Crippen LogP contribution is 2.25. The molecule has 0 radical (unpaired) electrons. The Morgan fingerprint density at radius 3 is 2.64 bits per heavy atom. The number of allylic oxidation sites excluding steroid dienone is 4. The molecule has 0 amide bonds. The Balaban J connectivity index is 2.69. The second kappa shape index (κ2) is 3.57. The molecule has 3 nitrogen and oxygen atoms in total. The lowest BCUT2D eigenvalue weighted by molar-refractivity contribution is -0.428. The number of hydrogen-bond donors (Lipinski definition) is 0. The summed E-state index contributed by atoms with van der Waals surface area (Å²) in [5.41, 5.74) is 0.322. The van der Waals surface area contributed by atoms with Crippen LogP contribution >= 0.6 is 11.8 Å². The van der Waals surface area contributed by atoms with E-state index >= 15 is 0 Å². The molecule has 0 aromatic heterocycles. The largest absolute Gasteiger partial charge is 0.259 e. The van der Waals surface area contributed by atoms with E-state index in [2.05, 4.69) is 0 Å². The maximum absolute atomic E-state index is 10.3. The molecule has 4 heteroatoms. The monoisotopic (exact) mass is 171 g/mol. The second-order valence-electron chi connectivity index (χ2n) is 2.25. The lowest BCUT2D eigenvalue weighted by atomic mass is 10.1. The Hall–Kier alpha value is -0.770. The molecule has 0 N–H and O–H groups in total. The lowest BCUT2D eigenvalue weighted by Crippen LogP contribution is -2.01. The summed E-state index contributed by atoms with van der Waals surface area (Å²) in [6, 6.07) is 0. The molecule has 1 aliphatic rings. The first-order chi connectivity index (χ1) is 5.24. The van der Waals surface area contributed by atoms with E-state index in [-0.39, 0.29) is 4.92 Å². The van der Waals surface area contributed by atoms with Crippen LogP contribution in [-0.4, -0.2) is 11.2 Å². The SMILES string of the molecule is CSC1=CC=C([N+](=O)[O-])CC1. The zero-order valence-corrected chi connectivity index (χ0v) is 7.06. The van der Waals surface area contributed by atoms with Crippen LogP contribution in [0, 0.1) is 10.1 Å². The van der Waals surface area contributed by atoms with Crippen LogP contribution in [0.4, 0.5) is 0 Å². The Morgan fingerprint density at radius 1 is 1.55 bits per heavy atom. The average Bonchev–Trinajstić information content (AvgIpc) is 2.05. The molecule has 0 aromatic rings. The minimum absolute atomic E-state index is 0.312. The van der Waals surface area contributed by atoms with E-state index in [4.69, 9.17) is 0 Å².